The Bertz CT molecular complexity index is 519. The first-order valence-electron chi connectivity index (χ1n) is 7.27. The van der Waals surface area contributed by atoms with Crippen molar-refractivity contribution in [2.45, 2.75) is 18.9 Å². The van der Waals surface area contributed by atoms with Crippen molar-refractivity contribution in [1.29, 1.82) is 0 Å². The van der Waals surface area contributed by atoms with E-state index >= 15 is 0 Å². The molecular weight excluding hydrogens is 270 g/mol. The number of nitrogens with zero attached hydrogens (tertiary/aromatic N) is 1. The molecule has 1 heterocycles. The van der Waals surface area contributed by atoms with Crippen molar-refractivity contribution in [3.63, 3.8) is 0 Å². The molecule has 2 N–H and O–H groups in total. The van der Waals surface area contributed by atoms with Gasteiger partial charge in [-0.2, -0.15) is 0 Å². The normalized spacial score (nSPS) is 18.2. The topological polar surface area (TPSA) is 70.7 Å². The van der Waals surface area contributed by atoms with Crippen molar-refractivity contribution in [3.05, 3.63) is 29.8 Å². The summed E-state index contributed by atoms with van der Waals surface area (Å²) in [5, 5.41) is 5.76. The van der Waals surface area contributed by atoms with E-state index in [0.29, 0.717) is 43.6 Å². The van der Waals surface area contributed by atoms with Gasteiger partial charge in [0.1, 0.15) is 0 Å². The summed E-state index contributed by atoms with van der Waals surface area (Å²) in [6.45, 7) is 2.36. The highest BCUT2D eigenvalue weighted by molar-refractivity contribution is 5.95. The lowest BCUT2D eigenvalue weighted by molar-refractivity contribution is 0.0564. The zero-order valence-corrected chi connectivity index (χ0v) is 11.8. The Hall–Kier alpha value is -2.08. The number of anilines is 1. The third-order valence-corrected chi connectivity index (χ3v) is 3.61. The predicted octanol–water partition coefficient (Wildman–Crippen LogP) is 1.44. The Morgan fingerprint density at radius 3 is 2.38 bits per heavy atom. The Morgan fingerprint density at radius 1 is 1.10 bits per heavy atom. The van der Waals surface area contributed by atoms with Crippen molar-refractivity contribution >= 4 is 17.6 Å². The van der Waals surface area contributed by atoms with Gasteiger partial charge in [0, 0.05) is 30.4 Å². The fraction of sp³-hybridized carbons (Fsp3) is 0.467. The fourth-order valence-electron chi connectivity index (χ4n) is 2.17. The quantitative estimate of drug-likeness (QED) is 0.884. The molecule has 1 saturated heterocycles. The first-order chi connectivity index (χ1) is 10.2. The third kappa shape index (κ3) is 3.72. The van der Waals surface area contributed by atoms with Gasteiger partial charge in [-0.1, -0.05) is 0 Å². The van der Waals surface area contributed by atoms with Crippen molar-refractivity contribution in [3.8, 4) is 0 Å². The highest BCUT2D eigenvalue weighted by Crippen LogP contribution is 2.19. The maximum atomic E-state index is 12.0. The summed E-state index contributed by atoms with van der Waals surface area (Å²) in [4.78, 5) is 25.6. The van der Waals surface area contributed by atoms with Crippen LogP contribution in [0.5, 0.6) is 0 Å². The molecule has 0 aromatic heterocycles. The van der Waals surface area contributed by atoms with Crippen molar-refractivity contribution in [2.24, 2.45) is 0 Å². The van der Waals surface area contributed by atoms with Crippen LogP contribution in [0, 0.1) is 0 Å². The van der Waals surface area contributed by atoms with Gasteiger partial charge >= 0.3 is 6.03 Å². The Balaban J connectivity index is 1.55. The molecule has 1 aromatic carbocycles. The summed E-state index contributed by atoms with van der Waals surface area (Å²) in [5.41, 5.74) is 1.31. The van der Waals surface area contributed by atoms with E-state index in [-0.39, 0.29) is 11.9 Å². The van der Waals surface area contributed by atoms with E-state index in [9.17, 15) is 9.59 Å². The molecule has 0 atom stereocenters. The molecule has 2 aliphatic rings. The molecule has 3 amide bonds. The molecular formula is C15H19N3O3. The van der Waals surface area contributed by atoms with Gasteiger partial charge in [0.2, 0.25) is 0 Å². The highest BCUT2D eigenvalue weighted by Gasteiger charge is 2.23. The van der Waals surface area contributed by atoms with Crippen LogP contribution in [0.15, 0.2) is 24.3 Å². The van der Waals surface area contributed by atoms with Crippen LogP contribution in [0.1, 0.15) is 23.2 Å². The van der Waals surface area contributed by atoms with E-state index in [1.54, 1.807) is 29.2 Å². The van der Waals surface area contributed by atoms with Crippen molar-refractivity contribution in [1.82, 2.24) is 10.2 Å². The minimum Gasteiger partial charge on any atom is -0.378 e. The van der Waals surface area contributed by atoms with Gasteiger partial charge in [0.15, 0.2) is 0 Å². The average molecular weight is 289 g/mol. The minimum atomic E-state index is -0.131. The van der Waals surface area contributed by atoms with Gasteiger partial charge in [-0.15, -0.1) is 0 Å². The van der Waals surface area contributed by atoms with Crippen LogP contribution in [0.25, 0.3) is 0 Å². The molecule has 0 unspecified atom stereocenters. The summed E-state index contributed by atoms with van der Waals surface area (Å²) in [6.07, 6.45) is 2.14. The van der Waals surface area contributed by atoms with Crippen LogP contribution in [-0.4, -0.2) is 49.2 Å². The second-order valence-corrected chi connectivity index (χ2v) is 5.35. The predicted molar refractivity (Wildman–Crippen MR) is 78.3 cm³/mol. The number of morpholine rings is 1. The number of benzene rings is 1. The SMILES string of the molecule is O=C(NC1CC1)c1ccc(NC(=O)N2CCOCC2)cc1. The zero-order valence-electron chi connectivity index (χ0n) is 11.8. The number of carbonyl (C=O) groups is 2. The number of hydrogen-bond acceptors (Lipinski definition) is 3. The van der Waals surface area contributed by atoms with E-state index < -0.39 is 0 Å². The Labute approximate surface area is 123 Å². The van der Waals surface area contributed by atoms with Gasteiger partial charge in [-0.05, 0) is 37.1 Å². The molecule has 0 spiro atoms. The summed E-state index contributed by atoms with van der Waals surface area (Å²) < 4.78 is 5.21. The summed E-state index contributed by atoms with van der Waals surface area (Å²) in [5.74, 6) is -0.0523. The Kier molecular flexibility index (Phi) is 4.06. The van der Waals surface area contributed by atoms with Gasteiger partial charge in [-0.3, -0.25) is 4.79 Å². The van der Waals surface area contributed by atoms with E-state index in [2.05, 4.69) is 10.6 Å². The molecule has 0 bridgehead atoms. The lowest BCUT2D eigenvalue weighted by Crippen LogP contribution is -2.43. The first kappa shape index (κ1) is 13.9. The number of urea groups is 1. The third-order valence-electron chi connectivity index (χ3n) is 3.61. The van der Waals surface area contributed by atoms with Crippen LogP contribution in [0.4, 0.5) is 10.5 Å². The lowest BCUT2D eigenvalue weighted by Gasteiger charge is -2.26. The monoisotopic (exact) mass is 289 g/mol. The summed E-state index contributed by atoms with van der Waals surface area (Å²) in [6, 6.07) is 7.17. The van der Waals surface area contributed by atoms with Gasteiger partial charge in [-0.25, -0.2) is 4.79 Å². The first-order valence-corrected chi connectivity index (χ1v) is 7.27. The second kappa shape index (κ2) is 6.13. The molecule has 1 aromatic rings. The standard InChI is InChI=1S/C15H19N3O3/c19-14(16-12-5-6-12)11-1-3-13(4-2-11)17-15(20)18-7-9-21-10-8-18/h1-4,12H,5-10H2,(H,16,19)(H,17,20). The van der Waals surface area contributed by atoms with Crippen LogP contribution in [0.2, 0.25) is 0 Å². The van der Waals surface area contributed by atoms with E-state index in [4.69, 9.17) is 4.74 Å². The van der Waals surface area contributed by atoms with Crippen LogP contribution < -0.4 is 10.6 Å². The number of ether oxygens (including phenoxy) is 1. The molecule has 1 saturated carbocycles. The zero-order chi connectivity index (χ0) is 14.7. The molecule has 112 valence electrons. The summed E-state index contributed by atoms with van der Waals surface area (Å²) >= 11 is 0. The molecule has 6 heteroatoms. The summed E-state index contributed by atoms with van der Waals surface area (Å²) in [7, 11) is 0. The lowest BCUT2D eigenvalue weighted by atomic mass is 10.2. The number of hydrogen-bond donors (Lipinski definition) is 2. The van der Waals surface area contributed by atoms with Crippen LogP contribution in [-0.2, 0) is 4.74 Å². The molecule has 21 heavy (non-hydrogen) atoms. The molecule has 0 radical (unpaired) electrons. The number of amides is 3. The van der Waals surface area contributed by atoms with Gasteiger partial charge in [0.25, 0.3) is 5.91 Å². The molecule has 1 aliphatic heterocycles. The van der Waals surface area contributed by atoms with E-state index in [0.717, 1.165) is 12.8 Å². The van der Waals surface area contributed by atoms with Crippen molar-refractivity contribution in [2.75, 3.05) is 31.6 Å². The Morgan fingerprint density at radius 2 is 1.76 bits per heavy atom. The highest BCUT2D eigenvalue weighted by atomic mass is 16.5. The fourth-order valence-corrected chi connectivity index (χ4v) is 2.17. The molecule has 1 aliphatic carbocycles. The molecule has 6 nitrogen and oxygen atoms in total. The number of rotatable bonds is 3. The minimum absolute atomic E-state index is 0.0523. The van der Waals surface area contributed by atoms with E-state index in [1.165, 1.54) is 0 Å². The van der Waals surface area contributed by atoms with Crippen LogP contribution >= 0.6 is 0 Å². The largest absolute Gasteiger partial charge is 0.378 e. The van der Waals surface area contributed by atoms with E-state index in [1.807, 2.05) is 0 Å². The average Bonchev–Trinajstić information content (AvgIpc) is 3.33. The van der Waals surface area contributed by atoms with Crippen LogP contribution in [0.3, 0.4) is 0 Å². The molecule has 3 rings (SSSR count). The second-order valence-electron chi connectivity index (χ2n) is 5.35. The smallest absolute Gasteiger partial charge is 0.321 e. The molecule has 2 fully saturated rings. The van der Waals surface area contributed by atoms with Gasteiger partial charge < -0.3 is 20.3 Å². The number of carbonyl (C=O) groups excluding carboxylic acids is 2. The maximum Gasteiger partial charge on any atom is 0.321 e. The maximum absolute atomic E-state index is 12.0. The van der Waals surface area contributed by atoms with Gasteiger partial charge in [0.05, 0.1) is 13.2 Å². The van der Waals surface area contributed by atoms with Crippen molar-refractivity contribution < 1.29 is 14.3 Å². The number of nitrogens with one attached hydrogen (secondary N) is 2.